The van der Waals surface area contributed by atoms with E-state index < -0.39 is 0 Å². The first-order valence-corrected chi connectivity index (χ1v) is 7.47. The molecule has 0 aliphatic heterocycles. The maximum absolute atomic E-state index is 11.9. The Morgan fingerprint density at radius 2 is 2.11 bits per heavy atom. The zero-order valence-electron chi connectivity index (χ0n) is 10.8. The molecule has 1 heterocycles. The van der Waals surface area contributed by atoms with E-state index in [9.17, 15) is 4.79 Å². The van der Waals surface area contributed by atoms with Crippen LogP contribution in [0.4, 0.5) is 11.4 Å². The average molecular weight is 339 g/mol. The molecule has 0 bridgehead atoms. The lowest BCUT2D eigenvalue weighted by Gasteiger charge is -2.13. The lowest BCUT2D eigenvalue weighted by Crippen LogP contribution is -2.14. The Morgan fingerprint density at radius 3 is 2.74 bits per heavy atom. The molecule has 0 saturated heterocycles. The summed E-state index contributed by atoms with van der Waals surface area (Å²) < 4.78 is 1.05. The number of carbonyl (C=O) groups is 1. The van der Waals surface area contributed by atoms with Crippen LogP contribution in [0.3, 0.4) is 0 Å². The summed E-state index contributed by atoms with van der Waals surface area (Å²) in [6, 6.07) is 11.7. The summed E-state index contributed by atoms with van der Waals surface area (Å²) in [5.74, 6) is 0.00487. The van der Waals surface area contributed by atoms with Gasteiger partial charge in [-0.3, -0.25) is 4.79 Å². The molecule has 2 aromatic rings. The Kier molecular flexibility index (Phi) is 4.61. The highest BCUT2D eigenvalue weighted by Gasteiger charge is 2.07. The van der Waals surface area contributed by atoms with E-state index >= 15 is 0 Å². The van der Waals surface area contributed by atoms with E-state index in [0.717, 1.165) is 20.0 Å². The van der Waals surface area contributed by atoms with Gasteiger partial charge in [-0.25, -0.2) is 0 Å². The van der Waals surface area contributed by atoms with Crippen molar-refractivity contribution in [2.75, 3.05) is 24.3 Å². The fraction of sp³-hybridized carbons (Fsp3) is 0.214. The molecule has 0 radical (unpaired) electrons. The second-order valence-electron chi connectivity index (χ2n) is 4.38. The van der Waals surface area contributed by atoms with E-state index in [4.69, 9.17) is 0 Å². The van der Waals surface area contributed by atoms with E-state index in [1.807, 2.05) is 55.4 Å². The molecule has 0 atom stereocenters. The number of amides is 1. The lowest BCUT2D eigenvalue weighted by molar-refractivity contribution is -0.115. The third kappa shape index (κ3) is 4.08. The standard InChI is InChI=1S/C14H15BrN2OS/c1-17(2)11-5-3-4-10(8-11)16-14(18)9-12-6-7-13(15)19-12/h3-8H,9H2,1-2H3,(H,16,18). The monoisotopic (exact) mass is 338 g/mol. The third-order valence-corrected chi connectivity index (χ3v) is 4.23. The van der Waals surface area contributed by atoms with Gasteiger partial charge in [-0.15, -0.1) is 11.3 Å². The van der Waals surface area contributed by atoms with Crippen LogP contribution < -0.4 is 10.2 Å². The molecule has 0 fully saturated rings. The minimum absolute atomic E-state index is 0.00487. The van der Waals surface area contributed by atoms with Crippen LogP contribution >= 0.6 is 27.3 Å². The molecule has 3 nitrogen and oxygen atoms in total. The highest BCUT2D eigenvalue weighted by Crippen LogP contribution is 2.23. The van der Waals surface area contributed by atoms with E-state index in [2.05, 4.69) is 21.2 Å². The van der Waals surface area contributed by atoms with Gasteiger partial charge in [0.05, 0.1) is 10.2 Å². The highest BCUT2D eigenvalue weighted by molar-refractivity contribution is 9.11. The Hall–Kier alpha value is -1.33. The van der Waals surface area contributed by atoms with Crippen LogP contribution in [0.2, 0.25) is 0 Å². The third-order valence-electron chi connectivity index (χ3n) is 2.61. The molecule has 1 aromatic carbocycles. The molecule has 100 valence electrons. The summed E-state index contributed by atoms with van der Waals surface area (Å²) in [5, 5.41) is 2.92. The highest BCUT2D eigenvalue weighted by atomic mass is 79.9. The Labute approximate surface area is 125 Å². The van der Waals surface area contributed by atoms with Gasteiger partial charge in [0.2, 0.25) is 5.91 Å². The molecular weight excluding hydrogens is 324 g/mol. The van der Waals surface area contributed by atoms with Crippen molar-refractivity contribution in [3.05, 3.63) is 45.1 Å². The summed E-state index contributed by atoms with van der Waals surface area (Å²) in [6.07, 6.45) is 0.405. The molecular formula is C14H15BrN2OS. The maximum atomic E-state index is 11.9. The largest absolute Gasteiger partial charge is 0.378 e. The molecule has 1 N–H and O–H groups in total. The number of hydrogen-bond donors (Lipinski definition) is 1. The second kappa shape index (κ2) is 6.21. The lowest BCUT2D eigenvalue weighted by atomic mass is 10.2. The smallest absolute Gasteiger partial charge is 0.229 e. The van der Waals surface area contributed by atoms with Crippen molar-refractivity contribution in [3.8, 4) is 0 Å². The van der Waals surface area contributed by atoms with Crippen molar-refractivity contribution in [1.29, 1.82) is 0 Å². The van der Waals surface area contributed by atoms with Gasteiger partial charge in [0, 0.05) is 30.3 Å². The van der Waals surface area contributed by atoms with Crippen LogP contribution in [0.1, 0.15) is 4.88 Å². The Balaban J connectivity index is 2.00. The normalized spacial score (nSPS) is 10.3. The molecule has 0 aliphatic rings. The summed E-state index contributed by atoms with van der Waals surface area (Å²) in [7, 11) is 3.95. The number of halogens is 1. The van der Waals surface area contributed by atoms with E-state index in [1.54, 1.807) is 11.3 Å². The van der Waals surface area contributed by atoms with Crippen molar-refractivity contribution in [2.45, 2.75) is 6.42 Å². The topological polar surface area (TPSA) is 32.3 Å². The van der Waals surface area contributed by atoms with Gasteiger partial charge < -0.3 is 10.2 Å². The first-order valence-electron chi connectivity index (χ1n) is 5.86. The summed E-state index contributed by atoms with van der Waals surface area (Å²) in [5.41, 5.74) is 1.89. The number of thiophene rings is 1. The van der Waals surface area contributed by atoms with Gasteiger partial charge in [0.15, 0.2) is 0 Å². The molecule has 0 saturated carbocycles. The van der Waals surface area contributed by atoms with Crippen molar-refractivity contribution >= 4 is 44.5 Å². The number of anilines is 2. The first kappa shape index (κ1) is 14.1. The van der Waals surface area contributed by atoms with Gasteiger partial charge in [-0.2, -0.15) is 0 Å². The quantitative estimate of drug-likeness (QED) is 0.920. The number of nitrogens with one attached hydrogen (secondary N) is 1. The molecule has 5 heteroatoms. The van der Waals surface area contributed by atoms with Crippen LogP contribution in [-0.2, 0) is 11.2 Å². The van der Waals surface area contributed by atoms with Gasteiger partial charge in [-0.1, -0.05) is 6.07 Å². The van der Waals surface area contributed by atoms with E-state index in [1.165, 1.54) is 0 Å². The summed E-state index contributed by atoms with van der Waals surface area (Å²) in [4.78, 5) is 15.0. The van der Waals surface area contributed by atoms with Crippen LogP contribution in [0.25, 0.3) is 0 Å². The van der Waals surface area contributed by atoms with Gasteiger partial charge in [0.1, 0.15) is 0 Å². The molecule has 0 aliphatic carbocycles. The van der Waals surface area contributed by atoms with Crippen LogP contribution in [-0.4, -0.2) is 20.0 Å². The predicted molar refractivity (Wildman–Crippen MR) is 85.1 cm³/mol. The Bertz CT molecular complexity index is 580. The van der Waals surface area contributed by atoms with Crippen molar-refractivity contribution in [3.63, 3.8) is 0 Å². The minimum atomic E-state index is 0.00487. The number of benzene rings is 1. The Morgan fingerprint density at radius 1 is 1.32 bits per heavy atom. The van der Waals surface area contributed by atoms with E-state index in [-0.39, 0.29) is 5.91 Å². The van der Waals surface area contributed by atoms with E-state index in [0.29, 0.717) is 6.42 Å². The second-order valence-corrected chi connectivity index (χ2v) is 6.92. The van der Waals surface area contributed by atoms with Gasteiger partial charge >= 0.3 is 0 Å². The number of nitrogens with zero attached hydrogens (tertiary/aromatic N) is 1. The number of carbonyl (C=O) groups excluding carboxylic acids is 1. The van der Waals surface area contributed by atoms with Crippen LogP contribution in [0, 0.1) is 0 Å². The summed E-state index contributed by atoms with van der Waals surface area (Å²) >= 11 is 4.98. The fourth-order valence-corrected chi connectivity index (χ4v) is 3.15. The predicted octanol–water partition coefficient (Wildman–Crippen LogP) is 3.76. The molecule has 1 aromatic heterocycles. The first-order chi connectivity index (χ1) is 9.04. The molecule has 1 amide bonds. The summed E-state index contributed by atoms with van der Waals surface area (Å²) in [6.45, 7) is 0. The number of hydrogen-bond acceptors (Lipinski definition) is 3. The van der Waals surface area contributed by atoms with Gasteiger partial charge in [0.25, 0.3) is 0 Å². The zero-order chi connectivity index (χ0) is 13.8. The molecule has 19 heavy (non-hydrogen) atoms. The maximum Gasteiger partial charge on any atom is 0.229 e. The van der Waals surface area contributed by atoms with Crippen molar-refractivity contribution in [1.82, 2.24) is 0 Å². The average Bonchev–Trinajstić information content (AvgIpc) is 2.74. The van der Waals surface area contributed by atoms with Crippen LogP contribution in [0.5, 0.6) is 0 Å². The fourth-order valence-electron chi connectivity index (χ4n) is 1.67. The number of rotatable bonds is 4. The SMILES string of the molecule is CN(C)c1cccc(NC(=O)Cc2ccc(Br)s2)c1. The zero-order valence-corrected chi connectivity index (χ0v) is 13.2. The molecule has 0 spiro atoms. The van der Waals surface area contributed by atoms with Crippen molar-refractivity contribution < 1.29 is 4.79 Å². The van der Waals surface area contributed by atoms with Crippen LogP contribution in [0.15, 0.2) is 40.2 Å². The van der Waals surface area contributed by atoms with Crippen molar-refractivity contribution in [2.24, 2.45) is 0 Å². The molecule has 2 rings (SSSR count). The minimum Gasteiger partial charge on any atom is -0.378 e. The molecule has 0 unspecified atom stereocenters. The van der Waals surface area contributed by atoms with Gasteiger partial charge in [-0.05, 0) is 46.3 Å².